The third-order valence-electron chi connectivity index (χ3n) is 2.86. The Labute approximate surface area is 102 Å². The topological polar surface area (TPSA) is 43.8 Å². The zero-order chi connectivity index (χ0) is 12.3. The van der Waals surface area contributed by atoms with Gasteiger partial charge in [-0.05, 0) is 24.3 Å². The van der Waals surface area contributed by atoms with Gasteiger partial charge < -0.3 is 9.45 Å². The summed E-state index contributed by atoms with van der Waals surface area (Å²) < 4.78 is 32.2. The lowest BCUT2D eigenvalue weighted by atomic mass is 10.2. The van der Waals surface area contributed by atoms with Crippen LogP contribution in [-0.4, -0.2) is 45.7 Å². The van der Waals surface area contributed by atoms with Gasteiger partial charge >= 0.3 is 0 Å². The second-order valence-corrected chi connectivity index (χ2v) is 4.93. The highest BCUT2D eigenvalue weighted by Crippen LogP contribution is 2.16. The normalized spacial score (nSPS) is 19.3. The SMILES string of the molecule is O=S(O)CN1CCN(c2ccc(F)cc2)CC1. The molecule has 0 aromatic heterocycles. The van der Waals surface area contributed by atoms with Gasteiger partial charge in [0.1, 0.15) is 11.7 Å². The lowest BCUT2D eigenvalue weighted by Crippen LogP contribution is -2.47. The lowest BCUT2D eigenvalue weighted by Gasteiger charge is -2.35. The summed E-state index contributed by atoms with van der Waals surface area (Å²) in [5.41, 5.74) is 0.996. The fraction of sp³-hybridized carbons (Fsp3) is 0.455. The second-order valence-electron chi connectivity index (χ2n) is 4.03. The van der Waals surface area contributed by atoms with Gasteiger partial charge in [-0.2, -0.15) is 0 Å². The average molecular weight is 258 g/mol. The van der Waals surface area contributed by atoms with E-state index in [0.717, 1.165) is 31.9 Å². The van der Waals surface area contributed by atoms with E-state index in [4.69, 9.17) is 4.55 Å². The maximum Gasteiger partial charge on any atom is 0.167 e. The Morgan fingerprint density at radius 3 is 2.29 bits per heavy atom. The van der Waals surface area contributed by atoms with Gasteiger partial charge in [0, 0.05) is 31.9 Å². The molecule has 6 heteroatoms. The average Bonchev–Trinajstić information content (AvgIpc) is 2.30. The Balaban J connectivity index is 1.90. The Bertz CT molecular complexity index is 391. The number of benzene rings is 1. The molecule has 1 aliphatic heterocycles. The predicted octanol–water partition coefficient (Wildman–Crippen LogP) is 1.13. The number of hydrogen-bond acceptors (Lipinski definition) is 3. The molecule has 1 fully saturated rings. The molecule has 4 nitrogen and oxygen atoms in total. The van der Waals surface area contributed by atoms with Gasteiger partial charge in [0.25, 0.3) is 0 Å². The van der Waals surface area contributed by atoms with Crippen molar-refractivity contribution >= 4 is 16.8 Å². The summed E-state index contributed by atoms with van der Waals surface area (Å²) in [5.74, 6) is -0.0277. The number of halogens is 1. The van der Waals surface area contributed by atoms with Gasteiger partial charge in [-0.3, -0.25) is 4.90 Å². The lowest BCUT2D eigenvalue weighted by molar-refractivity contribution is 0.292. The number of rotatable bonds is 3. The Morgan fingerprint density at radius 1 is 1.18 bits per heavy atom. The molecule has 1 unspecified atom stereocenters. The summed E-state index contributed by atoms with van der Waals surface area (Å²) >= 11 is -1.76. The van der Waals surface area contributed by atoms with Crippen molar-refractivity contribution in [1.82, 2.24) is 4.90 Å². The first-order valence-corrected chi connectivity index (χ1v) is 6.73. The highest BCUT2D eigenvalue weighted by molar-refractivity contribution is 7.79. The smallest absolute Gasteiger partial charge is 0.167 e. The van der Waals surface area contributed by atoms with E-state index in [0.29, 0.717) is 0 Å². The highest BCUT2D eigenvalue weighted by Gasteiger charge is 2.18. The van der Waals surface area contributed by atoms with Crippen molar-refractivity contribution in [2.45, 2.75) is 0 Å². The fourth-order valence-electron chi connectivity index (χ4n) is 1.94. The van der Waals surface area contributed by atoms with E-state index in [-0.39, 0.29) is 11.7 Å². The maximum atomic E-state index is 12.8. The molecule has 2 rings (SSSR count). The van der Waals surface area contributed by atoms with Crippen molar-refractivity contribution in [2.75, 3.05) is 37.0 Å². The first-order chi connectivity index (χ1) is 8.15. The van der Waals surface area contributed by atoms with Crippen molar-refractivity contribution < 1.29 is 13.2 Å². The minimum Gasteiger partial charge on any atom is -0.369 e. The molecule has 0 bridgehead atoms. The molecule has 0 radical (unpaired) electrons. The van der Waals surface area contributed by atoms with Crippen LogP contribution in [-0.2, 0) is 11.1 Å². The Hall–Kier alpha value is -0.980. The number of piperazine rings is 1. The molecule has 0 aliphatic carbocycles. The highest BCUT2D eigenvalue weighted by atomic mass is 32.2. The molecule has 1 saturated heterocycles. The molecular formula is C11H15FN2O2S. The van der Waals surface area contributed by atoms with E-state index in [1.807, 2.05) is 4.90 Å². The summed E-state index contributed by atoms with van der Waals surface area (Å²) in [7, 11) is 0. The third-order valence-corrected chi connectivity index (χ3v) is 3.44. The molecule has 1 aliphatic rings. The molecule has 0 saturated carbocycles. The van der Waals surface area contributed by atoms with Crippen LogP contribution in [0.1, 0.15) is 0 Å². The van der Waals surface area contributed by atoms with Crippen molar-refractivity contribution in [3.8, 4) is 0 Å². The van der Waals surface area contributed by atoms with Crippen LogP contribution in [0.4, 0.5) is 10.1 Å². The van der Waals surface area contributed by atoms with Gasteiger partial charge in [-0.25, -0.2) is 8.60 Å². The summed E-state index contributed by atoms with van der Waals surface area (Å²) in [6.45, 7) is 3.10. The van der Waals surface area contributed by atoms with Gasteiger partial charge in [-0.1, -0.05) is 0 Å². The quantitative estimate of drug-likeness (QED) is 0.825. The van der Waals surface area contributed by atoms with Crippen LogP contribution in [0.5, 0.6) is 0 Å². The van der Waals surface area contributed by atoms with Crippen LogP contribution in [0.2, 0.25) is 0 Å². The summed E-state index contributed by atoms with van der Waals surface area (Å²) in [6.07, 6.45) is 0. The zero-order valence-electron chi connectivity index (χ0n) is 9.38. The molecule has 0 amide bonds. The molecule has 1 N–H and O–H groups in total. The summed E-state index contributed by atoms with van der Waals surface area (Å²) in [4.78, 5) is 4.10. The molecule has 1 atom stereocenters. The largest absolute Gasteiger partial charge is 0.369 e. The molecule has 1 aromatic rings. The first-order valence-electron chi connectivity index (χ1n) is 5.45. The Kier molecular flexibility index (Phi) is 4.09. The molecule has 0 spiro atoms. The van der Waals surface area contributed by atoms with Crippen LogP contribution in [0.3, 0.4) is 0 Å². The van der Waals surface area contributed by atoms with E-state index in [2.05, 4.69) is 4.90 Å². The van der Waals surface area contributed by atoms with E-state index in [1.54, 1.807) is 12.1 Å². The van der Waals surface area contributed by atoms with E-state index in [1.165, 1.54) is 12.1 Å². The standard InChI is InChI=1S/C11H15FN2O2S/c12-10-1-3-11(4-2-10)14-7-5-13(6-8-14)9-17(15)16/h1-4H,5-9H2,(H,15,16). The number of hydrogen-bond donors (Lipinski definition) is 1. The fourth-order valence-corrected chi connectivity index (χ4v) is 2.51. The van der Waals surface area contributed by atoms with Gasteiger partial charge in [0.2, 0.25) is 0 Å². The van der Waals surface area contributed by atoms with Crippen LogP contribution >= 0.6 is 0 Å². The van der Waals surface area contributed by atoms with Crippen LogP contribution in [0, 0.1) is 5.82 Å². The first kappa shape index (κ1) is 12.5. The molecule has 1 aromatic carbocycles. The predicted molar refractivity (Wildman–Crippen MR) is 65.8 cm³/mol. The van der Waals surface area contributed by atoms with Crippen molar-refractivity contribution in [2.24, 2.45) is 0 Å². The minimum absolute atomic E-state index is 0.206. The Morgan fingerprint density at radius 2 is 1.76 bits per heavy atom. The molecule has 94 valence electrons. The van der Waals surface area contributed by atoms with Crippen molar-refractivity contribution in [3.63, 3.8) is 0 Å². The number of nitrogens with zero attached hydrogens (tertiary/aromatic N) is 2. The zero-order valence-corrected chi connectivity index (χ0v) is 10.2. The van der Waals surface area contributed by atoms with Crippen LogP contribution in [0.25, 0.3) is 0 Å². The number of anilines is 1. The van der Waals surface area contributed by atoms with E-state index in [9.17, 15) is 8.60 Å². The van der Waals surface area contributed by atoms with E-state index >= 15 is 0 Å². The van der Waals surface area contributed by atoms with Gasteiger partial charge in [0.15, 0.2) is 11.1 Å². The van der Waals surface area contributed by atoms with E-state index < -0.39 is 11.1 Å². The van der Waals surface area contributed by atoms with Gasteiger partial charge in [-0.15, -0.1) is 0 Å². The second kappa shape index (κ2) is 5.57. The monoisotopic (exact) mass is 258 g/mol. The molecule has 1 heterocycles. The summed E-state index contributed by atoms with van der Waals surface area (Å²) in [6, 6.07) is 6.42. The van der Waals surface area contributed by atoms with Gasteiger partial charge in [0.05, 0.1) is 0 Å². The molecule has 17 heavy (non-hydrogen) atoms. The minimum atomic E-state index is -1.76. The summed E-state index contributed by atoms with van der Waals surface area (Å²) in [5, 5.41) is 0. The van der Waals surface area contributed by atoms with Crippen molar-refractivity contribution in [3.05, 3.63) is 30.1 Å². The van der Waals surface area contributed by atoms with Crippen LogP contribution in [0.15, 0.2) is 24.3 Å². The third kappa shape index (κ3) is 3.49. The van der Waals surface area contributed by atoms with Crippen molar-refractivity contribution in [1.29, 1.82) is 0 Å². The van der Waals surface area contributed by atoms with Crippen LogP contribution < -0.4 is 4.90 Å². The maximum absolute atomic E-state index is 12.8. The molecular weight excluding hydrogens is 243 g/mol.